The van der Waals surface area contributed by atoms with Gasteiger partial charge in [0.05, 0.1) is 19.6 Å². The van der Waals surface area contributed by atoms with Crippen LogP contribution in [0.4, 0.5) is 8.78 Å². The predicted octanol–water partition coefficient (Wildman–Crippen LogP) is 1.94. The van der Waals surface area contributed by atoms with Gasteiger partial charge in [-0.1, -0.05) is 5.16 Å². The van der Waals surface area contributed by atoms with Crippen molar-refractivity contribution in [3.8, 4) is 11.4 Å². The minimum atomic E-state index is -0.998. The van der Waals surface area contributed by atoms with Crippen LogP contribution in [0.15, 0.2) is 22.7 Å². The Morgan fingerprint density at radius 3 is 2.79 bits per heavy atom. The molecule has 1 aromatic carbocycles. The molecule has 0 amide bonds. The van der Waals surface area contributed by atoms with Crippen LogP contribution in [0.5, 0.6) is 0 Å². The van der Waals surface area contributed by atoms with Gasteiger partial charge in [-0.2, -0.15) is 4.98 Å². The Hall–Kier alpha value is -2.39. The Bertz CT molecular complexity index is 693. The Labute approximate surface area is 136 Å². The number of ether oxygens (including phenoxy) is 1. The van der Waals surface area contributed by atoms with Crippen LogP contribution < -0.4 is 0 Å². The maximum Gasteiger partial charge on any atom is 0.304 e. The van der Waals surface area contributed by atoms with E-state index >= 15 is 0 Å². The fraction of sp³-hybridized carbons (Fsp3) is 0.400. The second-order valence-corrected chi connectivity index (χ2v) is 5.05. The molecule has 24 heavy (non-hydrogen) atoms. The molecule has 0 radical (unpaired) electrons. The number of hydrogen-bond acceptors (Lipinski definition) is 6. The highest BCUT2D eigenvalue weighted by atomic mass is 19.2. The molecule has 0 saturated carbocycles. The third kappa shape index (κ3) is 5.07. The third-order valence-electron chi connectivity index (χ3n) is 3.26. The van der Waals surface area contributed by atoms with Crippen molar-refractivity contribution in [1.29, 1.82) is 0 Å². The summed E-state index contributed by atoms with van der Waals surface area (Å²) in [4.78, 5) is 16.6. The molecule has 0 unspecified atom stereocenters. The van der Waals surface area contributed by atoms with E-state index < -0.39 is 17.6 Å². The van der Waals surface area contributed by atoms with Crippen LogP contribution in [-0.4, -0.2) is 52.9 Å². The summed E-state index contributed by atoms with van der Waals surface area (Å²) in [5.41, 5.74) is 0.290. The molecule has 1 heterocycles. The van der Waals surface area contributed by atoms with Crippen molar-refractivity contribution in [3.05, 3.63) is 35.7 Å². The Morgan fingerprint density at radius 2 is 2.12 bits per heavy atom. The highest BCUT2D eigenvalue weighted by molar-refractivity contribution is 5.66. The number of carbonyl (C=O) groups is 1. The lowest BCUT2D eigenvalue weighted by molar-refractivity contribution is -0.137. The van der Waals surface area contributed by atoms with Crippen LogP contribution in [0.2, 0.25) is 0 Å². The first-order valence-electron chi connectivity index (χ1n) is 7.20. The highest BCUT2D eigenvalue weighted by Crippen LogP contribution is 2.19. The summed E-state index contributed by atoms with van der Waals surface area (Å²) in [5, 5.41) is 12.5. The molecule has 0 fully saturated rings. The number of benzene rings is 1. The van der Waals surface area contributed by atoms with Crippen molar-refractivity contribution in [2.75, 3.05) is 26.8 Å². The van der Waals surface area contributed by atoms with E-state index in [2.05, 4.69) is 10.1 Å². The van der Waals surface area contributed by atoms with Gasteiger partial charge in [0.15, 0.2) is 11.6 Å². The maximum absolute atomic E-state index is 13.3. The van der Waals surface area contributed by atoms with Crippen LogP contribution in [0.1, 0.15) is 12.3 Å². The van der Waals surface area contributed by atoms with Crippen molar-refractivity contribution in [2.24, 2.45) is 0 Å². The van der Waals surface area contributed by atoms with Gasteiger partial charge in [0.1, 0.15) is 0 Å². The van der Waals surface area contributed by atoms with Gasteiger partial charge in [-0.3, -0.25) is 9.69 Å². The molecule has 2 rings (SSSR count). The average molecular weight is 341 g/mol. The third-order valence-corrected chi connectivity index (χ3v) is 3.26. The van der Waals surface area contributed by atoms with Gasteiger partial charge in [-0.25, -0.2) is 8.78 Å². The van der Waals surface area contributed by atoms with Crippen LogP contribution in [-0.2, 0) is 16.1 Å². The van der Waals surface area contributed by atoms with E-state index in [0.717, 1.165) is 12.1 Å². The van der Waals surface area contributed by atoms with Crippen LogP contribution in [0.25, 0.3) is 11.4 Å². The van der Waals surface area contributed by atoms with Gasteiger partial charge in [-0.15, -0.1) is 0 Å². The molecule has 0 aliphatic rings. The first-order valence-corrected chi connectivity index (χ1v) is 7.20. The van der Waals surface area contributed by atoms with Gasteiger partial charge >= 0.3 is 5.97 Å². The van der Waals surface area contributed by atoms with Gasteiger partial charge in [0.25, 0.3) is 0 Å². The minimum absolute atomic E-state index is 0.0338. The van der Waals surface area contributed by atoms with Crippen molar-refractivity contribution in [1.82, 2.24) is 15.0 Å². The molecule has 0 spiro atoms. The summed E-state index contributed by atoms with van der Waals surface area (Å²) in [6.07, 6.45) is -0.0338. The molecular weight excluding hydrogens is 324 g/mol. The molecule has 7 nitrogen and oxygen atoms in total. The first kappa shape index (κ1) is 18.0. The number of aromatic nitrogens is 2. The Kier molecular flexibility index (Phi) is 6.33. The molecule has 1 aromatic heterocycles. The summed E-state index contributed by atoms with van der Waals surface area (Å²) >= 11 is 0. The van der Waals surface area contributed by atoms with E-state index in [-0.39, 0.29) is 30.2 Å². The lowest BCUT2D eigenvalue weighted by Crippen LogP contribution is -2.29. The molecule has 130 valence electrons. The fourth-order valence-corrected chi connectivity index (χ4v) is 2.01. The van der Waals surface area contributed by atoms with Gasteiger partial charge in [0.2, 0.25) is 11.7 Å². The maximum atomic E-state index is 13.3. The standard InChI is InChI=1S/C15H17F2N3O4/c1-23-7-6-20(5-4-14(21)22)9-13-18-15(19-24-13)10-2-3-11(16)12(17)8-10/h2-3,8H,4-7,9H2,1H3,(H,21,22). The number of rotatable bonds is 9. The second-order valence-electron chi connectivity index (χ2n) is 5.05. The molecule has 1 N–H and O–H groups in total. The van der Waals surface area contributed by atoms with Crippen LogP contribution in [0, 0.1) is 11.6 Å². The van der Waals surface area contributed by atoms with E-state index in [1.165, 1.54) is 6.07 Å². The summed E-state index contributed by atoms with van der Waals surface area (Å²) in [6.45, 7) is 1.44. The number of methoxy groups -OCH3 is 1. The van der Waals surface area contributed by atoms with Crippen molar-refractivity contribution in [2.45, 2.75) is 13.0 Å². The summed E-state index contributed by atoms with van der Waals surface area (Å²) in [7, 11) is 1.54. The number of hydrogen-bond donors (Lipinski definition) is 1. The quantitative estimate of drug-likeness (QED) is 0.745. The normalized spacial score (nSPS) is 11.2. The first-order chi connectivity index (χ1) is 11.5. The monoisotopic (exact) mass is 341 g/mol. The summed E-state index contributed by atoms with van der Waals surface area (Å²) in [5.74, 6) is -2.49. The van der Waals surface area contributed by atoms with E-state index in [1.54, 1.807) is 12.0 Å². The number of halogens is 2. The predicted molar refractivity (Wildman–Crippen MR) is 79.1 cm³/mol. The minimum Gasteiger partial charge on any atom is -0.481 e. The number of carboxylic acid groups (broad SMARTS) is 1. The molecule has 0 bridgehead atoms. The molecule has 0 aliphatic heterocycles. The number of aliphatic carboxylic acids is 1. The Balaban J connectivity index is 2.06. The zero-order chi connectivity index (χ0) is 17.5. The lowest BCUT2D eigenvalue weighted by Gasteiger charge is -2.18. The molecular formula is C15H17F2N3O4. The molecule has 2 aromatic rings. The summed E-state index contributed by atoms with van der Waals surface area (Å²) in [6, 6.07) is 3.32. The average Bonchev–Trinajstić information content (AvgIpc) is 3.01. The molecule has 9 heteroatoms. The molecule has 0 aliphatic carbocycles. The number of nitrogens with zero attached hydrogens (tertiary/aromatic N) is 3. The van der Waals surface area contributed by atoms with Crippen molar-refractivity contribution >= 4 is 5.97 Å². The van der Waals surface area contributed by atoms with Gasteiger partial charge in [-0.05, 0) is 18.2 Å². The van der Waals surface area contributed by atoms with Crippen LogP contribution >= 0.6 is 0 Å². The molecule has 0 atom stereocenters. The van der Waals surface area contributed by atoms with E-state index in [1.807, 2.05) is 0 Å². The summed E-state index contributed by atoms with van der Waals surface area (Å²) < 4.78 is 36.3. The van der Waals surface area contributed by atoms with E-state index in [4.69, 9.17) is 14.4 Å². The second kappa shape index (κ2) is 8.46. The zero-order valence-corrected chi connectivity index (χ0v) is 13.0. The van der Waals surface area contributed by atoms with Gasteiger partial charge in [0, 0.05) is 25.8 Å². The Morgan fingerprint density at radius 1 is 1.33 bits per heavy atom. The zero-order valence-electron chi connectivity index (χ0n) is 13.0. The van der Waals surface area contributed by atoms with Crippen molar-refractivity contribution < 1.29 is 27.9 Å². The number of carboxylic acids is 1. The van der Waals surface area contributed by atoms with Crippen molar-refractivity contribution in [3.63, 3.8) is 0 Å². The SMILES string of the molecule is COCCN(CCC(=O)O)Cc1nc(-c2ccc(F)c(F)c2)no1. The van der Waals surface area contributed by atoms with E-state index in [0.29, 0.717) is 19.7 Å². The fourth-order valence-electron chi connectivity index (χ4n) is 2.01. The highest BCUT2D eigenvalue weighted by Gasteiger charge is 2.15. The van der Waals surface area contributed by atoms with E-state index in [9.17, 15) is 13.6 Å². The largest absolute Gasteiger partial charge is 0.481 e. The molecule has 0 saturated heterocycles. The lowest BCUT2D eigenvalue weighted by atomic mass is 10.2. The van der Waals surface area contributed by atoms with Crippen LogP contribution in [0.3, 0.4) is 0 Å². The topological polar surface area (TPSA) is 88.7 Å². The smallest absolute Gasteiger partial charge is 0.304 e. The van der Waals surface area contributed by atoms with Gasteiger partial charge < -0.3 is 14.4 Å².